The molecule has 1 fully saturated rings. The van der Waals surface area contributed by atoms with Gasteiger partial charge in [0.2, 0.25) is 0 Å². The third-order valence-electron chi connectivity index (χ3n) is 3.88. The highest BCUT2D eigenvalue weighted by Crippen LogP contribution is 2.35. The molecule has 4 heteroatoms. The predicted molar refractivity (Wildman–Crippen MR) is 72.3 cm³/mol. The molecule has 2 aliphatic rings. The van der Waals surface area contributed by atoms with Gasteiger partial charge in [-0.15, -0.1) is 0 Å². The minimum absolute atomic E-state index is 0.0250. The molecule has 2 N–H and O–H groups in total. The lowest BCUT2D eigenvalue weighted by Gasteiger charge is -2.29. The number of aryl methyl sites for hydroxylation is 1. The number of carbonyl (C=O) groups excluding carboxylic acids is 1. The molecule has 2 aliphatic heterocycles. The van der Waals surface area contributed by atoms with E-state index in [9.17, 15) is 4.79 Å². The van der Waals surface area contributed by atoms with Gasteiger partial charge in [0.15, 0.2) is 0 Å². The first kappa shape index (κ1) is 12.0. The Bertz CT molecular complexity index is 501. The van der Waals surface area contributed by atoms with Gasteiger partial charge in [-0.2, -0.15) is 0 Å². The largest absolute Gasteiger partial charge is 0.347 e. The molecular weight excluding hydrogens is 248 g/mol. The van der Waals surface area contributed by atoms with Gasteiger partial charge in [-0.3, -0.25) is 4.79 Å². The number of nitrogens with one attached hydrogen (secondary N) is 2. The maximum atomic E-state index is 12.1. The van der Waals surface area contributed by atoms with Crippen LogP contribution in [0.2, 0.25) is 5.02 Å². The molecule has 0 aliphatic carbocycles. The van der Waals surface area contributed by atoms with E-state index >= 15 is 0 Å². The molecule has 2 atom stereocenters. The SMILES string of the molecule is CCCc1cc(Cl)c2c(c1)[C@H]1CNC[C@@H]1NC2=O. The zero-order valence-corrected chi connectivity index (χ0v) is 11.2. The Morgan fingerprint density at radius 2 is 2.22 bits per heavy atom. The van der Waals surface area contributed by atoms with E-state index in [4.69, 9.17) is 11.6 Å². The van der Waals surface area contributed by atoms with Crippen LogP contribution in [-0.4, -0.2) is 25.0 Å². The van der Waals surface area contributed by atoms with Gasteiger partial charge in [0.05, 0.1) is 10.6 Å². The van der Waals surface area contributed by atoms with Crippen molar-refractivity contribution < 1.29 is 4.79 Å². The molecular formula is C14H17ClN2O. The first-order valence-electron chi connectivity index (χ1n) is 6.54. The molecule has 0 unspecified atom stereocenters. The summed E-state index contributed by atoms with van der Waals surface area (Å²) in [5, 5.41) is 6.98. The quantitative estimate of drug-likeness (QED) is 0.859. The van der Waals surface area contributed by atoms with E-state index in [0.29, 0.717) is 16.5 Å². The van der Waals surface area contributed by atoms with Crippen LogP contribution in [0, 0.1) is 0 Å². The van der Waals surface area contributed by atoms with Crippen molar-refractivity contribution >= 4 is 17.5 Å². The van der Waals surface area contributed by atoms with Crippen LogP contribution in [0.1, 0.15) is 40.7 Å². The van der Waals surface area contributed by atoms with Gasteiger partial charge in [-0.25, -0.2) is 0 Å². The number of halogens is 1. The fraction of sp³-hybridized carbons (Fsp3) is 0.500. The summed E-state index contributed by atoms with van der Waals surface area (Å²) in [5.74, 6) is 0.343. The van der Waals surface area contributed by atoms with Crippen LogP contribution >= 0.6 is 11.6 Å². The molecule has 1 amide bonds. The highest BCUT2D eigenvalue weighted by molar-refractivity contribution is 6.34. The second-order valence-electron chi connectivity index (χ2n) is 5.14. The van der Waals surface area contributed by atoms with Gasteiger partial charge in [-0.05, 0) is 23.6 Å². The van der Waals surface area contributed by atoms with Crippen molar-refractivity contribution in [2.75, 3.05) is 13.1 Å². The minimum atomic E-state index is -0.0250. The second-order valence-corrected chi connectivity index (χ2v) is 5.54. The molecule has 0 radical (unpaired) electrons. The Hall–Kier alpha value is -1.06. The molecule has 0 bridgehead atoms. The summed E-state index contributed by atoms with van der Waals surface area (Å²) in [5.41, 5.74) is 3.05. The zero-order valence-electron chi connectivity index (χ0n) is 10.4. The van der Waals surface area contributed by atoms with E-state index in [-0.39, 0.29) is 11.9 Å². The highest BCUT2D eigenvalue weighted by atomic mass is 35.5. The molecule has 1 aromatic rings. The Morgan fingerprint density at radius 1 is 1.39 bits per heavy atom. The standard InChI is InChI=1S/C14H17ClN2O/c1-2-3-8-4-9-10-6-16-7-12(10)17-14(18)13(9)11(15)5-8/h4-5,10,12,16H,2-3,6-7H2,1H3,(H,17,18)/t10-,12+/m1/s1. The Kier molecular flexibility index (Phi) is 3.04. The van der Waals surface area contributed by atoms with Crippen LogP contribution in [0.4, 0.5) is 0 Å². The average molecular weight is 265 g/mol. The third-order valence-corrected chi connectivity index (χ3v) is 4.17. The zero-order chi connectivity index (χ0) is 12.7. The van der Waals surface area contributed by atoms with Crippen LogP contribution in [0.5, 0.6) is 0 Å². The van der Waals surface area contributed by atoms with Crippen molar-refractivity contribution in [2.45, 2.75) is 31.7 Å². The molecule has 2 heterocycles. The molecule has 1 aromatic carbocycles. The Morgan fingerprint density at radius 3 is 3.00 bits per heavy atom. The maximum absolute atomic E-state index is 12.1. The molecule has 0 saturated carbocycles. The lowest BCUT2D eigenvalue weighted by Crippen LogP contribution is -2.44. The molecule has 96 valence electrons. The first-order valence-corrected chi connectivity index (χ1v) is 6.92. The molecule has 3 rings (SSSR count). The second kappa shape index (κ2) is 4.56. The van der Waals surface area contributed by atoms with E-state index in [1.54, 1.807) is 0 Å². The van der Waals surface area contributed by atoms with Gasteiger partial charge in [0.1, 0.15) is 0 Å². The highest BCUT2D eigenvalue weighted by Gasteiger charge is 2.37. The predicted octanol–water partition coefficient (Wildman–Crippen LogP) is 2.09. The van der Waals surface area contributed by atoms with Gasteiger partial charge < -0.3 is 10.6 Å². The summed E-state index contributed by atoms with van der Waals surface area (Å²) < 4.78 is 0. The number of fused-ring (bicyclic) bond motifs is 3. The van der Waals surface area contributed by atoms with E-state index in [2.05, 4.69) is 23.6 Å². The van der Waals surface area contributed by atoms with Gasteiger partial charge in [0, 0.05) is 25.0 Å². The molecule has 0 spiro atoms. The van der Waals surface area contributed by atoms with Crippen LogP contribution in [0.15, 0.2) is 12.1 Å². The topological polar surface area (TPSA) is 41.1 Å². The molecule has 1 saturated heterocycles. The number of hydrogen-bond donors (Lipinski definition) is 2. The van der Waals surface area contributed by atoms with Crippen molar-refractivity contribution in [1.82, 2.24) is 10.6 Å². The summed E-state index contributed by atoms with van der Waals surface area (Å²) >= 11 is 6.29. The normalized spacial score (nSPS) is 25.6. The van der Waals surface area contributed by atoms with Crippen molar-refractivity contribution in [1.29, 1.82) is 0 Å². The van der Waals surface area contributed by atoms with Crippen molar-refractivity contribution in [3.05, 3.63) is 33.8 Å². The molecule has 18 heavy (non-hydrogen) atoms. The van der Waals surface area contributed by atoms with Crippen molar-refractivity contribution in [2.24, 2.45) is 0 Å². The number of rotatable bonds is 2. The Labute approximate surface area is 112 Å². The van der Waals surface area contributed by atoms with Gasteiger partial charge in [0.25, 0.3) is 5.91 Å². The minimum Gasteiger partial charge on any atom is -0.347 e. The van der Waals surface area contributed by atoms with Crippen molar-refractivity contribution in [3.8, 4) is 0 Å². The molecule has 3 nitrogen and oxygen atoms in total. The summed E-state index contributed by atoms with van der Waals surface area (Å²) in [6.07, 6.45) is 2.10. The van der Waals surface area contributed by atoms with E-state index < -0.39 is 0 Å². The number of benzene rings is 1. The van der Waals surface area contributed by atoms with E-state index in [1.165, 1.54) is 5.56 Å². The summed E-state index contributed by atoms with van der Waals surface area (Å²) in [6.45, 7) is 3.93. The van der Waals surface area contributed by atoms with Crippen LogP contribution < -0.4 is 10.6 Å². The number of amides is 1. The number of hydrogen-bond acceptors (Lipinski definition) is 2. The third kappa shape index (κ3) is 1.82. The molecule has 0 aromatic heterocycles. The van der Waals surface area contributed by atoms with Gasteiger partial charge >= 0.3 is 0 Å². The first-order chi connectivity index (χ1) is 8.70. The smallest absolute Gasteiger partial charge is 0.253 e. The van der Waals surface area contributed by atoms with E-state index in [0.717, 1.165) is 31.5 Å². The summed E-state index contributed by atoms with van der Waals surface area (Å²) in [6, 6.07) is 4.33. The van der Waals surface area contributed by atoms with Crippen LogP contribution in [-0.2, 0) is 6.42 Å². The lowest BCUT2D eigenvalue weighted by molar-refractivity contribution is 0.0924. The van der Waals surface area contributed by atoms with Crippen molar-refractivity contribution in [3.63, 3.8) is 0 Å². The fourth-order valence-electron chi connectivity index (χ4n) is 3.05. The van der Waals surface area contributed by atoms with Crippen LogP contribution in [0.25, 0.3) is 0 Å². The monoisotopic (exact) mass is 264 g/mol. The fourth-order valence-corrected chi connectivity index (χ4v) is 3.38. The maximum Gasteiger partial charge on any atom is 0.253 e. The summed E-state index contributed by atoms with van der Waals surface area (Å²) in [4.78, 5) is 12.1. The lowest BCUT2D eigenvalue weighted by atomic mass is 9.85. The number of carbonyl (C=O) groups is 1. The summed E-state index contributed by atoms with van der Waals surface area (Å²) in [7, 11) is 0. The average Bonchev–Trinajstić information content (AvgIpc) is 2.77. The Balaban J connectivity index is 2.11. The van der Waals surface area contributed by atoms with Crippen LogP contribution in [0.3, 0.4) is 0 Å². The van der Waals surface area contributed by atoms with Gasteiger partial charge in [-0.1, -0.05) is 31.0 Å². The van der Waals surface area contributed by atoms with E-state index in [1.807, 2.05) is 6.07 Å².